The predicted octanol–water partition coefficient (Wildman–Crippen LogP) is 2.91. The van der Waals surface area contributed by atoms with E-state index < -0.39 is 0 Å². The van der Waals surface area contributed by atoms with Crippen LogP contribution in [0.2, 0.25) is 0 Å². The minimum absolute atomic E-state index is 0.164. The molecule has 3 atom stereocenters. The van der Waals surface area contributed by atoms with Gasteiger partial charge in [0, 0.05) is 25.8 Å². The molecule has 0 aliphatic heterocycles. The minimum atomic E-state index is 0.164. The highest BCUT2D eigenvalue weighted by Crippen LogP contribution is 2.35. The van der Waals surface area contributed by atoms with E-state index in [9.17, 15) is 0 Å². The van der Waals surface area contributed by atoms with Gasteiger partial charge in [0.1, 0.15) is 0 Å². The topological polar surface area (TPSA) is 21.3 Å². The number of fused-ring (bicyclic) bond motifs is 1. The van der Waals surface area contributed by atoms with E-state index in [0.29, 0.717) is 6.04 Å². The van der Waals surface area contributed by atoms with Gasteiger partial charge in [-0.25, -0.2) is 0 Å². The second kappa shape index (κ2) is 5.85. The van der Waals surface area contributed by atoms with E-state index >= 15 is 0 Å². The van der Waals surface area contributed by atoms with Crippen LogP contribution in [-0.4, -0.2) is 25.1 Å². The van der Waals surface area contributed by atoms with E-state index in [1.807, 2.05) is 0 Å². The average molecular weight is 254 g/mol. The Morgan fingerprint density at radius 3 is 3.00 bits per heavy atom. The van der Waals surface area contributed by atoms with Crippen molar-refractivity contribution in [2.24, 2.45) is 0 Å². The number of ether oxygens (including phenoxy) is 1. The number of benzene rings is 1. The van der Waals surface area contributed by atoms with Gasteiger partial charge >= 0.3 is 0 Å². The summed E-state index contributed by atoms with van der Waals surface area (Å²) >= 11 is 6.43. The maximum absolute atomic E-state index is 6.43. The van der Waals surface area contributed by atoms with Crippen molar-refractivity contribution in [1.29, 1.82) is 0 Å². The Balaban J connectivity index is 2.01. The predicted molar refractivity (Wildman–Crippen MR) is 71.6 cm³/mol. The van der Waals surface area contributed by atoms with Crippen LogP contribution >= 0.6 is 11.6 Å². The second-order valence-electron chi connectivity index (χ2n) is 4.75. The van der Waals surface area contributed by atoms with Crippen LogP contribution in [0.1, 0.15) is 30.5 Å². The van der Waals surface area contributed by atoms with E-state index in [0.717, 1.165) is 19.4 Å². The molecule has 3 unspecified atom stereocenters. The summed E-state index contributed by atoms with van der Waals surface area (Å²) in [6, 6.07) is 9.22. The monoisotopic (exact) mass is 253 g/mol. The molecule has 2 nitrogen and oxygen atoms in total. The highest BCUT2D eigenvalue weighted by molar-refractivity contribution is 6.21. The van der Waals surface area contributed by atoms with E-state index in [1.165, 1.54) is 11.1 Å². The lowest BCUT2D eigenvalue weighted by molar-refractivity contribution is 0.182. The fourth-order valence-electron chi connectivity index (χ4n) is 2.42. The molecule has 1 aromatic rings. The molecule has 0 radical (unpaired) electrons. The molecule has 0 saturated carbocycles. The molecule has 0 fully saturated rings. The molecular weight excluding hydrogens is 234 g/mol. The first-order chi connectivity index (χ1) is 8.22. The van der Waals surface area contributed by atoms with Gasteiger partial charge in [-0.1, -0.05) is 24.3 Å². The minimum Gasteiger partial charge on any atom is -0.385 e. The van der Waals surface area contributed by atoms with Crippen molar-refractivity contribution >= 4 is 11.6 Å². The third kappa shape index (κ3) is 3.01. The quantitative estimate of drug-likeness (QED) is 0.815. The summed E-state index contributed by atoms with van der Waals surface area (Å²) in [7, 11) is 1.74. The first kappa shape index (κ1) is 12.9. The number of rotatable bonds is 5. The zero-order valence-corrected chi connectivity index (χ0v) is 11.2. The maximum Gasteiger partial charge on any atom is 0.0571 e. The van der Waals surface area contributed by atoms with E-state index in [1.54, 1.807) is 7.11 Å². The number of hydrogen-bond acceptors (Lipinski definition) is 2. The molecular formula is C14H20ClNO. The van der Waals surface area contributed by atoms with Crippen molar-refractivity contribution in [3.05, 3.63) is 35.4 Å². The summed E-state index contributed by atoms with van der Waals surface area (Å²) < 4.78 is 5.10. The van der Waals surface area contributed by atoms with Crippen LogP contribution in [0.4, 0.5) is 0 Å². The van der Waals surface area contributed by atoms with Crippen molar-refractivity contribution in [2.75, 3.05) is 13.7 Å². The molecule has 1 aromatic carbocycles. The summed E-state index contributed by atoms with van der Waals surface area (Å²) in [5, 5.41) is 3.77. The van der Waals surface area contributed by atoms with Crippen molar-refractivity contribution < 1.29 is 4.74 Å². The highest BCUT2D eigenvalue weighted by atomic mass is 35.5. The molecule has 1 N–H and O–H groups in total. The van der Waals surface area contributed by atoms with Gasteiger partial charge in [0.2, 0.25) is 0 Å². The van der Waals surface area contributed by atoms with Gasteiger partial charge in [-0.15, -0.1) is 11.6 Å². The van der Waals surface area contributed by atoms with Crippen molar-refractivity contribution in [1.82, 2.24) is 5.32 Å². The standard InChI is InChI=1S/C14H20ClNO/c1-10(7-8-17-2)16-14-12-6-4-3-5-11(12)9-13(14)15/h3-6,10,13-14,16H,7-9H2,1-2H3. The van der Waals surface area contributed by atoms with Gasteiger partial charge in [0.15, 0.2) is 0 Å². The summed E-state index contributed by atoms with van der Waals surface area (Å²) in [4.78, 5) is 0. The van der Waals surface area contributed by atoms with Gasteiger partial charge in [-0.2, -0.15) is 0 Å². The highest BCUT2D eigenvalue weighted by Gasteiger charge is 2.31. The second-order valence-corrected chi connectivity index (χ2v) is 5.31. The van der Waals surface area contributed by atoms with Crippen molar-refractivity contribution in [3.63, 3.8) is 0 Å². The SMILES string of the molecule is COCCC(C)NC1c2ccccc2CC1Cl. The molecule has 0 spiro atoms. The van der Waals surface area contributed by atoms with Crippen LogP contribution in [0.25, 0.3) is 0 Å². The smallest absolute Gasteiger partial charge is 0.0571 e. The third-order valence-corrected chi connectivity index (χ3v) is 3.79. The Morgan fingerprint density at radius 2 is 2.24 bits per heavy atom. The van der Waals surface area contributed by atoms with E-state index in [2.05, 4.69) is 36.5 Å². The molecule has 1 aliphatic carbocycles. The number of nitrogens with one attached hydrogen (secondary N) is 1. The zero-order chi connectivity index (χ0) is 12.3. The largest absolute Gasteiger partial charge is 0.385 e. The lowest BCUT2D eigenvalue weighted by Crippen LogP contribution is -2.34. The van der Waals surface area contributed by atoms with E-state index in [-0.39, 0.29) is 11.4 Å². The Hall–Kier alpha value is -0.570. The van der Waals surface area contributed by atoms with Gasteiger partial charge in [-0.05, 0) is 30.9 Å². The first-order valence-electron chi connectivity index (χ1n) is 6.19. The van der Waals surface area contributed by atoms with Crippen LogP contribution in [0.15, 0.2) is 24.3 Å². The molecule has 0 heterocycles. The molecule has 1 aliphatic rings. The first-order valence-corrected chi connectivity index (χ1v) is 6.63. The van der Waals surface area contributed by atoms with Crippen molar-refractivity contribution in [3.8, 4) is 0 Å². The van der Waals surface area contributed by atoms with Crippen LogP contribution in [0.5, 0.6) is 0 Å². The molecule has 3 heteroatoms. The summed E-state index contributed by atoms with van der Waals surface area (Å²) in [5.41, 5.74) is 2.74. The van der Waals surface area contributed by atoms with E-state index in [4.69, 9.17) is 16.3 Å². The number of halogens is 1. The maximum atomic E-state index is 6.43. The third-order valence-electron chi connectivity index (χ3n) is 3.39. The van der Waals surface area contributed by atoms with Gasteiger partial charge in [0.05, 0.1) is 5.38 Å². The molecule has 94 valence electrons. The molecule has 2 rings (SSSR count). The summed E-state index contributed by atoms with van der Waals surface area (Å²) in [6.45, 7) is 2.97. The summed E-state index contributed by atoms with van der Waals surface area (Å²) in [6.07, 6.45) is 1.98. The van der Waals surface area contributed by atoms with Crippen LogP contribution in [0.3, 0.4) is 0 Å². The van der Waals surface area contributed by atoms with Gasteiger partial charge < -0.3 is 10.1 Å². The lowest BCUT2D eigenvalue weighted by Gasteiger charge is -2.22. The molecule has 17 heavy (non-hydrogen) atoms. The Bertz CT molecular complexity index is 369. The van der Waals surface area contributed by atoms with Gasteiger partial charge in [0.25, 0.3) is 0 Å². The van der Waals surface area contributed by atoms with Crippen LogP contribution in [-0.2, 0) is 11.2 Å². The Labute approximate surface area is 108 Å². The summed E-state index contributed by atoms with van der Waals surface area (Å²) in [5.74, 6) is 0. The number of alkyl halides is 1. The Morgan fingerprint density at radius 1 is 1.47 bits per heavy atom. The number of methoxy groups -OCH3 is 1. The zero-order valence-electron chi connectivity index (χ0n) is 10.4. The molecule has 0 bridgehead atoms. The normalized spacial score (nSPS) is 24.6. The van der Waals surface area contributed by atoms with Crippen molar-refractivity contribution in [2.45, 2.75) is 37.2 Å². The van der Waals surface area contributed by atoms with Crippen LogP contribution < -0.4 is 5.32 Å². The Kier molecular flexibility index (Phi) is 4.43. The van der Waals surface area contributed by atoms with Crippen LogP contribution in [0, 0.1) is 0 Å². The molecule has 0 aromatic heterocycles. The number of hydrogen-bond donors (Lipinski definition) is 1. The fourth-order valence-corrected chi connectivity index (χ4v) is 2.80. The lowest BCUT2D eigenvalue weighted by atomic mass is 10.1. The average Bonchev–Trinajstić information content (AvgIpc) is 2.64. The van der Waals surface area contributed by atoms with Gasteiger partial charge in [-0.3, -0.25) is 0 Å². The fraction of sp³-hybridized carbons (Fsp3) is 0.571. The molecule has 0 amide bonds. The molecule has 0 saturated heterocycles.